The minimum atomic E-state index is 0.238. The van der Waals surface area contributed by atoms with Gasteiger partial charge in [0.2, 0.25) is 0 Å². The highest BCUT2D eigenvalue weighted by molar-refractivity contribution is 5.47. The van der Waals surface area contributed by atoms with Gasteiger partial charge in [-0.1, -0.05) is 12.1 Å². The predicted molar refractivity (Wildman–Crippen MR) is 67.6 cm³/mol. The molecular weight excluding hydrogens is 214 g/mol. The molecule has 0 saturated heterocycles. The van der Waals surface area contributed by atoms with E-state index in [1.165, 1.54) is 0 Å². The summed E-state index contributed by atoms with van der Waals surface area (Å²) >= 11 is 0. The molecule has 0 spiro atoms. The molecule has 0 aliphatic heterocycles. The van der Waals surface area contributed by atoms with Gasteiger partial charge in [-0.15, -0.1) is 0 Å². The van der Waals surface area contributed by atoms with Crippen molar-refractivity contribution in [1.29, 1.82) is 0 Å². The fraction of sp³-hybridized carbons (Fsp3) is 0.308. The van der Waals surface area contributed by atoms with Crippen LogP contribution in [0.5, 0.6) is 5.75 Å². The zero-order chi connectivity index (χ0) is 12.3. The molecule has 2 aromatic rings. The number of nitrogens with zero attached hydrogens (tertiary/aromatic N) is 2. The van der Waals surface area contributed by atoms with E-state index in [9.17, 15) is 0 Å². The summed E-state index contributed by atoms with van der Waals surface area (Å²) in [7, 11) is 3.60. The average Bonchev–Trinajstić information content (AvgIpc) is 2.86. The van der Waals surface area contributed by atoms with Crippen molar-refractivity contribution in [1.82, 2.24) is 15.1 Å². The van der Waals surface area contributed by atoms with Crippen molar-refractivity contribution < 1.29 is 4.74 Å². The van der Waals surface area contributed by atoms with Crippen LogP contribution >= 0.6 is 0 Å². The van der Waals surface area contributed by atoms with Crippen LogP contribution in [0.1, 0.15) is 18.7 Å². The van der Waals surface area contributed by atoms with Gasteiger partial charge < -0.3 is 10.1 Å². The van der Waals surface area contributed by atoms with Gasteiger partial charge in [0.1, 0.15) is 11.4 Å². The van der Waals surface area contributed by atoms with Crippen molar-refractivity contribution in [3.8, 4) is 11.4 Å². The van der Waals surface area contributed by atoms with E-state index in [4.69, 9.17) is 4.74 Å². The SMILES string of the molecule is CNC(C)c1ccnn1-c1ccccc1OC. The van der Waals surface area contributed by atoms with E-state index >= 15 is 0 Å². The van der Waals surface area contributed by atoms with Crippen molar-refractivity contribution >= 4 is 0 Å². The Labute approximate surface area is 101 Å². The second kappa shape index (κ2) is 5.01. The lowest BCUT2D eigenvalue weighted by Gasteiger charge is -2.15. The fourth-order valence-electron chi connectivity index (χ4n) is 1.80. The molecule has 4 heteroatoms. The predicted octanol–water partition coefficient (Wildman–Crippen LogP) is 2.16. The van der Waals surface area contributed by atoms with Crippen LogP contribution in [0.4, 0.5) is 0 Å². The molecule has 17 heavy (non-hydrogen) atoms. The van der Waals surface area contributed by atoms with Crippen LogP contribution in [0.2, 0.25) is 0 Å². The Bertz CT molecular complexity index is 493. The quantitative estimate of drug-likeness (QED) is 0.876. The molecule has 1 atom stereocenters. The molecule has 0 bridgehead atoms. The van der Waals surface area contributed by atoms with E-state index in [1.807, 2.05) is 42.1 Å². The topological polar surface area (TPSA) is 39.1 Å². The number of methoxy groups -OCH3 is 1. The first kappa shape index (κ1) is 11.7. The van der Waals surface area contributed by atoms with Crippen LogP contribution in [-0.4, -0.2) is 23.9 Å². The van der Waals surface area contributed by atoms with Crippen molar-refractivity contribution in [2.24, 2.45) is 0 Å². The Kier molecular flexibility index (Phi) is 3.44. The Hall–Kier alpha value is -1.81. The van der Waals surface area contributed by atoms with E-state index in [0.29, 0.717) is 0 Å². The van der Waals surface area contributed by atoms with Crippen LogP contribution in [0.25, 0.3) is 5.69 Å². The number of benzene rings is 1. The summed E-state index contributed by atoms with van der Waals surface area (Å²) in [5.41, 5.74) is 2.06. The first-order valence-corrected chi connectivity index (χ1v) is 5.62. The molecule has 1 aromatic heterocycles. The molecule has 1 unspecified atom stereocenters. The van der Waals surface area contributed by atoms with E-state index in [0.717, 1.165) is 17.1 Å². The highest BCUT2D eigenvalue weighted by atomic mass is 16.5. The highest BCUT2D eigenvalue weighted by Crippen LogP contribution is 2.24. The van der Waals surface area contributed by atoms with Crippen LogP contribution in [0, 0.1) is 0 Å². The highest BCUT2D eigenvalue weighted by Gasteiger charge is 2.13. The Morgan fingerprint density at radius 3 is 2.76 bits per heavy atom. The summed E-state index contributed by atoms with van der Waals surface area (Å²) < 4.78 is 7.26. The third-order valence-corrected chi connectivity index (χ3v) is 2.86. The fourth-order valence-corrected chi connectivity index (χ4v) is 1.80. The normalized spacial score (nSPS) is 12.4. The van der Waals surface area contributed by atoms with Gasteiger partial charge >= 0.3 is 0 Å². The molecule has 4 nitrogen and oxygen atoms in total. The summed E-state index contributed by atoms with van der Waals surface area (Å²) in [4.78, 5) is 0. The minimum Gasteiger partial charge on any atom is -0.494 e. The third kappa shape index (κ3) is 2.17. The van der Waals surface area contributed by atoms with Gasteiger partial charge in [0, 0.05) is 12.2 Å². The van der Waals surface area contributed by atoms with E-state index in [1.54, 1.807) is 13.3 Å². The molecule has 90 valence electrons. The Balaban J connectivity index is 2.49. The van der Waals surface area contributed by atoms with Crippen LogP contribution in [-0.2, 0) is 0 Å². The second-order valence-corrected chi connectivity index (χ2v) is 3.85. The zero-order valence-electron chi connectivity index (χ0n) is 10.3. The summed E-state index contributed by atoms with van der Waals surface area (Å²) in [5.74, 6) is 0.820. The maximum absolute atomic E-state index is 5.36. The molecule has 1 aromatic carbocycles. The van der Waals surface area contributed by atoms with E-state index in [2.05, 4.69) is 17.3 Å². The average molecular weight is 231 g/mol. The molecule has 1 N–H and O–H groups in total. The number of rotatable bonds is 4. The largest absolute Gasteiger partial charge is 0.494 e. The number of ether oxygens (including phenoxy) is 1. The molecule has 0 radical (unpaired) electrons. The number of nitrogens with one attached hydrogen (secondary N) is 1. The lowest BCUT2D eigenvalue weighted by atomic mass is 10.2. The van der Waals surface area contributed by atoms with Crippen molar-refractivity contribution in [3.05, 3.63) is 42.2 Å². The maximum atomic E-state index is 5.36. The molecule has 0 saturated carbocycles. The van der Waals surface area contributed by atoms with Gasteiger partial charge in [-0.25, -0.2) is 4.68 Å². The molecule has 2 rings (SSSR count). The standard InChI is InChI=1S/C13H17N3O/c1-10(14-2)11-8-9-15-16(11)12-6-4-5-7-13(12)17-3/h4-10,14H,1-3H3. The third-order valence-electron chi connectivity index (χ3n) is 2.86. The maximum Gasteiger partial charge on any atom is 0.144 e. The second-order valence-electron chi connectivity index (χ2n) is 3.85. The number of aromatic nitrogens is 2. The van der Waals surface area contributed by atoms with Gasteiger partial charge in [0.25, 0.3) is 0 Å². The van der Waals surface area contributed by atoms with Crippen LogP contribution in [0.3, 0.4) is 0 Å². The van der Waals surface area contributed by atoms with Gasteiger partial charge in [-0.3, -0.25) is 0 Å². The van der Waals surface area contributed by atoms with Gasteiger partial charge in [-0.05, 0) is 32.2 Å². The summed E-state index contributed by atoms with van der Waals surface area (Å²) in [6.45, 7) is 2.10. The lowest BCUT2D eigenvalue weighted by Crippen LogP contribution is -2.17. The molecule has 1 heterocycles. The first-order valence-electron chi connectivity index (χ1n) is 5.62. The number of hydrogen-bond donors (Lipinski definition) is 1. The van der Waals surface area contributed by atoms with Gasteiger partial charge in [0.05, 0.1) is 12.8 Å². The molecular formula is C13H17N3O. The molecule has 0 amide bonds. The number of hydrogen-bond acceptors (Lipinski definition) is 3. The van der Waals surface area contributed by atoms with Gasteiger partial charge in [0.15, 0.2) is 0 Å². The Morgan fingerprint density at radius 1 is 1.29 bits per heavy atom. The molecule has 0 fully saturated rings. The lowest BCUT2D eigenvalue weighted by molar-refractivity contribution is 0.410. The molecule has 0 aliphatic carbocycles. The van der Waals surface area contributed by atoms with Crippen LogP contribution < -0.4 is 10.1 Å². The zero-order valence-corrected chi connectivity index (χ0v) is 10.3. The molecule has 0 aliphatic rings. The minimum absolute atomic E-state index is 0.238. The number of para-hydroxylation sites is 2. The van der Waals surface area contributed by atoms with Gasteiger partial charge in [-0.2, -0.15) is 5.10 Å². The smallest absolute Gasteiger partial charge is 0.144 e. The summed E-state index contributed by atoms with van der Waals surface area (Å²) in [5, 5.41) is 7.57. The monoisotopic (exact) mass is 231 g/mol. The summed E-state index contributed by atoms with van der Waals surface area (Å²) in [6, 6.07) is 10.1. The summed E-state index contributed by atoms with van der Waals surface area (Å²) in [6.07, 6.45) is 1.80. The van der Waals surface area contributed by atoms with Crippen molar-refractivity contribution in [2.75, 3.05) is 14.2 Å². The van der Waals surface area contributed by atoms with E-state index in [-0.39, 0.29) is 6.04 Å². The van der Waals surface area contributed by atoms with Crippen LogP contribution in [0.15, 0.2) is 36.5 Å². The first-order chi connectivity index (χ1) is 8.27. The van der Waals surface area contributed by atoms with Crippen molar-refractivity contribution in [2.45, 2.75) is 13.0 Å². The Morgan fingerprint density at radius 2 is 2.06 bits per heavy atom. The van der Waals surface area contributed by atoms with E-state index < -0.39 is 0 Å². The van der Waals surface area contributed by atoms with Crippen molar-refractivity contribution in [3.63, 3.8) is 0 Å².